The van der Waals surface area contributed by atoms with Gasteiger partial charge in [0.15, 0.2) is 6.23 Å². The number of hydrogen-bond donors (Lipinski definition) is 4. The van der Waals surface area contributed by atoms with Crippen molar-refractivity contribution in [2.24, 2.45) is 0 Å². The Balaban J connectivity index is 2.15. The number of pyridine rings is 1. The van der Waals surface area contributed by atoms with E-state index < -0.39 is 42.8 Å². The highest BCUT2D eigenvalue weighted by Crippen LogP contribution is 2.31. The zero-order valence-corrected chi connectivity index (χ0v) is 13.7. The molecule has 0 amide bonds. The predicted octanol–water partition coefficient (Wildman–Crippen LogP) is -1.04. The summed E-state index contributed by atoms with van der Waals surface area (Å²) in [6.45, 7) is -0.573. The molecule has 0 bridgehead atoms. The monoisotopic (exact) mass is 350 g/mol. The van der Waals surface area contributed by atoms with Gasteiger partial charge in [-0.05, 0) is 37.3 Å². The number of rotatable bonds is 2. The summed E-state index contributed by atoms with van der Waals surface area (Å²) in [6.07, 6.45) is -2.94. The summed E-state index contributed by atoms with van der Waals surface area (Å²) >= 11 is 0. The molecule has 2 heterocycles. The molecule has 1 aliphatic heterocycles. The Morgan fingerprint density at radius 1 is 1.16 bits per heavy atom. The van der Waals surface area contributed by atoms with Crippen molar-refractivity contribution in [2.75, 3.05) is 6.61 Å². The third kappa shape index (κ3) is 3.10. The van der Waals surface area contributed by atoms with E-state index >= 15 is 0 Å². The van der Waals surface area contributed by atoms with Crippen LogP contribution in [-0.4, -0.2) is 56.0 Å². The number of aromatic nitrogens is 1. The van der Waals surface area contributed by atoms with Gasteiger partial charge in [-0.3, -0.25) is 9.36 Å². The number of fused-ring (bicyclic) bond motifs is 1. The lowest BCUT2D eigenvalue weighted by atomic mass is 9.97. The highest BCUT2D eigenvalue weighted by atomic mass is 16.6. The highest BCUT2D eigenvalue weighted by Gasteiger charge is 2.45. The molecule has 3 rings (SSSR count). The van der Waals surface area contributed by atoms with Gasteiger partial charge in [-0.1, -0.05) is 6.42 Å². The molecule has 2 aliphatic rings. The number of aliphatic hydroxyl groups excluding tert-OH is 4. The first kappa shape index (κ1) is 18.0. The Morgan fingerprint density at radius 3 is 2.56 bits per heavy atom. The van der Waals surface area contributed by atoms with E-state index in [-0.39, 0.29) is 5.56 Å². The molecule has 0 spiro atoms. The quantitative estimate of drug-likeness (QED) is 0.500. The van der Waals surface area contributed by atoms with Crippen LogP contribution in [0.3, 0.4) is 0 Å². The van der Waals surface area contributed by atoms with Crippen molar-refractivity contribution in [1.29, 1.82) is 5.26 Å². The average Bonchev–Trinajstić information content (AvgIpc) is 2.85. The van der Waals surface area contributed by atoms with E-state index in [9.17, 15) is 30.5 Å². The second-order valence-corrected chi connectivity index (χ2v) is 6.60. The topological polar surface area (TPSA) is 136 Å². The van der Waals surface area contributed by atoms with Gasteiger partial charge in [0.05, 0.1) is 6.61 Å². The molecule has 0 aromatic carbocycles. The van der Waals surface area contributed by atoms with Gasteiger partial charge in [0.2, 0.25) is 0 Å². The maximum atomic E-state index is 12.8. The van der Waals surface area contributed by atoms with Crippen molar-refractivity contribution < 1.29 is 25.2 Å². The fraction of sp³-hybridized carbons (Fsp3) is 0.647. The Morgan fingerprint density at radius 2 is 1.88 bits per heavy atom. The maximum absolute atomic E-state index is 12.8. The molecule has 1 fully saturated rings. The fourth-order valence-electron chi connectivity index (χ4n) is 3.65. The van der Waals surface area contributed by atoms with Gasteiger partial charge in [0, 0.05) is 5.69 Å². The van der Waals surface area contributed by atoms with Crippen LogP contribution < -0.4 is 5.56 Å². The molecule has 8 nitrogen and oxygen atoms in total. The maximum Gasteiger partial charge on any atom is 0.270 e. The van der Waals surface area contributed by atoms with E-state index in [0.29, 0.717) is 18.5 Å². The minimum atomic E-state index is -1.57. The highest BCUT2D eigenvalue weighted by molar-refractivity contribution is 5.35. The molecular weight excluding hydrogens is 328 g/mol. The molecule has 1 saturated heterocycles. The van der Waals surface area contributed by atoms with Gasteiger partial charge in [-0.2, -0.15) is 5.26 Å². The van der Waals surface area contributed by atoms with Gasteiger partial charge >= 0.3 is 0 Å². The Labute approximate surface area is 144 Å². The first-order valence-corrected chi connectivity index (χ1v) is 8.47. The third-order valence-electron chi connectivity index (χ3n) is 5.03. The summed E-state index contributed by atoms with van der Waals surface area (Å²) in [7, 11) is 0. The lowest BCUT2D eigenvalue weighted by molar-refractivity contribution is -0.252. The Hall–Kier alpha value is -1.76. The second kappa shape index (κ2) is 7.23. The zero-order chi connectivity index (χ0) is 18.1. The van der Waals surface area contributed by atoms with Crippen LogP contribution in [0.15, 0.2) is 10.9 Å². The van der Waals surface area contributed by atoms with Crippen molar-refractivity contribution in [3.63, 3.8) is 0 Å². The van der Waals surface area contributed by atoms with E-state index in [2.05, 4.69) is 0 Å². The summed E-state index contributed by atoms with van der Waals surface area (Å²) in [4.78, 5) is 12.8. The van der Waals surface area contributed by atoms with Crippen LogP contribution >= 0.6 is 0 Å². The molecule has 1 aliphatic carbocycles. The number of nitrogens with zero attached hydrogens (tertiary/aromatic N) is 2. The summed E-state index contributed by atoms with van der Waals surface area (Å²) in [5.41, 5.74) is 0.863. The summed E-state index contributed by atoms with van der Waals surface area (Å²) in [5, 5.41) is 49.0. The number of hydrogen-bond acceptors (Lipinski definition) is 7. The molecule has 25 heavy (non-hydrogen) atoms. The lowest BCUT2D eigenvalue weighted by Crippen LogP contribution is -2.58. The smallest absolute Gasteiger partial charge is 0.270 e. The second-order valence-electron chi connectivity index (χ2n) is 6.60. The standard InChI is InChI=1S/C17H22N2O6/c18-7-10-6-9-4-2-1-3-5-11(9)19(16(10)24)17-15(23)14(22)13(21)12(8-20)25-17/h6,12-15,17,20-23H,1-5,8H2/t12-,13+,14+,15-,17-/m1/s1. The molecule has 8 heteroatoms. The first-order valence-electron chi connectivity index (χ1n) is 8.47. The van der Waals surface area contributed by atoms with Crippen LogP contribution in [0.4, 0.5) is 0 Å². The van der Waals surface area contributed by atoms with Gasteiger partial charge in [0.1, 0.15) is 36.0 Å². The number of aliphatic hydroxyl groups is 4. The lowest BCUT2D eigenvalue weighted by Gasteiger charge is -2.41. The molecule has 5 atom stereocenters. The van der Waals surface area contributed by atoms with E-state index in [0.717, 1.165) is 24.8 Å². The van der Waals surface area contributed by atoms with Gasteiger partial charge in [-0.15, -0.1) is 0 Å². The van der Waals surface area contributed by atoms with Crippen molar-refractivity contribution >= 4 is 0 Å². The van der Waals surface area contributed by atoms with E-state index in [1.165, 1.54) is 4.57 Å². The number of ether oxygens (including phenoxy) is 1. The largest absolute Gasteiger partial charge is 0.394 e. The minimum Gasteiger partial charge on any atom is -0.394 e. The molecule has 136 valence electrons. The molecule has 1 aromatic rings. The summed E-state index contributed by atoms with van der Waals surface area (Å²) in [5.74, 6) is 0. The van der Waals surface area contributed by atoms with Crippen molar-refractivity contribution in [3.05, 3.63) is 33.2 Å². The number of aryl methyl sites for hydroxylation is 1. The molecule has 0 saturated carbocycles. The van der Waals surface area contributed by atoms with Gasteiger partial charge in [0.25, 0.3) is 5.56 Å². The summed E-state index contributed by atoms with van der Waals surface area (Å²) in [6, 6.07) is 3.46. The van der Waals surface area contributed by atoms with Gasteiger partial charge < -0.3 is 25.2 Å². The first-order chi connectivity index (χ1) is 12.0. The Bertz CT molecular complexity index is 738. The van der Waals surface area contributed by atoms with Gasteiger partial charge in [-0.25, -0.2) is 0 Å². The van der Waals surface area contributed by atoms with E-state index in [1.54, 1.807) is 6.07 Å². The predicted molar refractivity (Wildman–Crippen MR) is 85.7 cm³/mol. The minimum absolute atomic E-state index is 0.0578. The molecule has 0 unspecified atom stereocenters. The van der Waals surface area contributed by atoms with Crippen LogP contribution in [0, 0.1) is 11.3 Å². The normalized spacial score (nSPS) is 32.5. The van der Waals surface area contributed by atoms with Crippen LogP contribution in [-0.2, 0) is 17.6 Å². The zero-order valence-electron chi connectivity index (χ0n) is 13.7. The average molecular weight is 350 g/mol. The van der Waals surface area contributed by atoms with Crippen molar-refractivity contribution in [2.45, 2.75) is 62.7 Å². The molecule has 4 N–H and O–H groups in total. The van der Waals surface area contributed by atoms with E-state index in [4.69, 9.17) is 4.74 Å². The Kier molecular flexibility index (Phi) is 5.22. The molecular formula is C17H22N2O6. The number of nitriles is 1. The fourth-order valence-corrected chi connectivity index (χ4v) is 3.65. The van der Waals surface area contributed by atoms with Crippen LogP contribution in [0.2, 0.25) is 0 Å². The van der Waals surface area contributed by atoms with E-state index in [1.807, 2.05) is 6.07 Å². The van der Waals surface area contributed by atoms with Crippen LogP contribution in [0.1, 0.15) is 42.3 Å². The van der Waals surface area contributed by atoms with Crippen molar-refractivity contribution in [1.82, 2.24) is 4.57 Å². The summed E-state index contributed by atoms with van der Waals surface area (Å²) < 4.78 is 6.77. The van der Waals surface area contributed by atoms with Crippen LogP contribution in [0.25, 0.3) is 0 Å². The third-order valence-corrected chi connectivity index (χ3v) is 5.03. The SMILES string of the molecule is N#Cc1cc2c(n([C@@H]3O[C@H](CO)[C@H](O)[C@H](O)[C@H]3O)c1=O)CCCCC2. The van der Waals surface area contributed by atoms with Crippen molar-refractivity contribution in [3.8, 4) is 6.07 Å². The van der Waals surface area contributed by atoms with Crippen LogP contribution in [0.5, 0.6) is 0 Å². The molecule has 1 aromatic heterocycles. The molecule has 0 radical (unpaired) electrons.